The molecule has 1 N–H and O–H groups in total. The highest BCUT2D eigenvalue weighted by atomic mass is 32.1. The van der Waals surface area contributed by atoms with Crippen molar-refractivity contribution in [3.63, 3.8) is 0 Å². The Bertz CT molecular complexity index is 797. The predicted molar refractivity (Wildman–Crippen MR) is 122 cm³/mol. The fourth-order valence-corrected chi connectivity index (χ4v) is 5.91. The summed E-state index contributed by atoms with van der Waals surface area (Å²) in [5, 5.41) is 5.91. The third-order valence-electron chi connectivity index (χ3n) is 5.58. The first kappa shape index (κ1) is 20.5. The van der Waals surface area contributed by atoms with Gasteiger partial charge in [0, 0.05) is 69.0 Å². The van der Waals surface area contributed by atoms with Crippen molar-refractivity contribution < 1.29 is 0 Å². The molecular weight excluding hydrogens is 402 g/mol. The van der Waals surface area contributed by atoms with Crippen molar-refractivity contribution in [2.24, 2.45) is 4.99 Å². The number of thiazole rings is 1. The summed E-state index contributed by atoms with van der Waals surface area (Å²) >= 11 is 3.45. The molecule has 2 aliphatic rings. The fraction of sp³-hybridized carbons (Fsp3) is 0.700. The number of guanidine groups is 1. The van der Waals surface area contributed by atoms with E-state index in [4.69, 9.17) is 4.98 Å². The normalized spacial score (nSPS) is 17.5. The summed E-state index contributed by atoms with van der Waals surface area (Å²) in [6.45, 7) is 6.88. The van der Waals surface area contributed by atoms with Gasteiger partial charge in [-0.1, -0.05) is 6.92 Å². The number of piperazine rings is 1. The number of fused-ring (bicyclic) bond motifs is 1. The van der Waals surface area contributed by atoms with Crippen molar-refractivity contribution >= 4 is 34.0 Å². The maximum atomic E-state index is 4.86. The fourth-order valence-electron chi connectivity index (χ4n) is 3.91. The van der Waals surface area contributed by atoms with Gasteiger partial charge in [0.15, 0.2) is 5.96 Å². The van der Waals surface area contributed by atoms with Crippen LogP contribution in [0.15, 0.2) is 4.99 Å². The topological polar surface area (TPSA) is 69.5 Å². The van der Waals surface area contributed by atoms with Crippen molar-refractivity contribution in [3.05, 3.63) is 21.4 Å². The largest absolute Gasteiger partial charge is 0.356 e. The Balaban J connectivity index is 1.20. The van der Waals surface area contributed by atoms with Crippen LogP contribution in [0, 0.1) is 0 Å². The third kappa shape index (κ3) is 5.06. The number of hydrogen-bond acceptors (Lipinski definition) is 7. The molecule has 2 aromatic rings. The summed E-state index contributed by atoms with van der Waals surface area (Å²) in [6.07, 6.45) is 8.11. The van der Waals surface area contributed by atoms with Gasteiger partial charge in [0.1, 0.15) is 5.82 Å². The zero-order valence-corrected chi connectivity index (χ0v) is 19.1. The molecule has 1 aliphatic carbocycles. The Morgan fingerprint density at radius 3 is 2.69 bits per heavy atom. The van der Waals surface area contributed by atoms with E-state index in [0.717, 1.165) is 68.9 Å². The van der Waals surface area contributed by atoms with Crippen LogP contribution in [0.5, 0.6) is 0 Å². The van der Waals surface area contributed by atoms with Crippen LogP contribution in [0.25, 0.3) is 0 Å². The van der Waals surface area contributed by atoms with E-state index in [2.05, 4.69) is 36.4 Å². The standard InChI is InChI=1S/C20H31N7S2/c1-3-17-24-20(29-25-17)27-13-11-26(12-14-27)19(21-2)22-10-6-9-18-23-15-7-4-5-8-16(15)28-18/h3-14H2,1-2H3,(H,21,22). The lowest BCUT2D eigenvalue weighted by Crippen LogP contribution is -2.52. The van der Waals surface area contributed by atoms with Gasteiger partial charge >= 0.3 is 0 Å². The molecule has 2 aromatic heterocycles. The van der Waals surface area contributed by atoms with Gasteiger partial charge in [-0.05, 0) is 32.1 Å². The van der Waals surface area contributed by atoms with Crippen molar-refractivity contribution in [1.29, 1.82) is 0 Å². The zero-order valence-electron chi connectivity index (χ0n) is 17.5. The predicted octanol–water partition coefficient (Wildman–Crippen LogP) is 2.77. The summed E-state index contributed by atoms with van der Waals surface area (Å²) in [5.41, 5.74) is 1.37. The van der Waals surface area contributed by atoms with Crippen LogP contribution in [0.1, 0.15) is 47.6 Å². The van der Waals surface area contributed by atoms with E-state index in [9.17, 15) is 0 Å². The summed E-state index contributed by atoms with van der Waals surface area (Å²) in [6, 6.07) is 0. The summed E-state index contributed by atoms with van der Waals surface area (Å²) in [4.78, 5) is 20.2. The number of anilines is 1. The van der Waals surface area contributed by atoms with Gasteiger partial charge < -0.3 is 15.1 Å². The average Bonchev–Trinajstić information content (AvgIpc) is 3.41. The van der Waals surface area contributed by atoms with E-state index >= 15 is 0 Å². The Labute approximate surface area is 181 Å². The third-order valence-corrected chi connectivity index (χ3v) is 7.61. The number of hydrogen-bond donors (Lipinski definition) is 1. The SMILES string of the molecule is CCc1nsc(N2CCN(C(=NC)NCCCc3nc4c(s3)CCCC4)CC2)n1. The lowest BCUT2D eigenvalue weighted by atomic mass is 10.0. The number of rotatable bonds is 6. The second kappa shape index (κ2) is 9.84. The molecule has 0 aromatic carbocycles. The minimum atomic E-state index is 0.899. The first-order valence-electron chi connectivity index (χ1n) is 10.8. The van der Waals surface area contributed by atoms with Gasteiger partial charge in [0.25, 0.3) is 0 Å². The van der Waals surface area contributed by atoms with Gasteiger partial charge in [-0.2, -0.15) is 4.37 Å². The molecule has 0 spiro atoms. The maximum absolute atomic E-state index is 4.86. The smallest absolute Gasteiger partial charge is 0.205 e. The van der Waals surface area contributed by atoms with Crippen molar-refractivity contribution in [2.45, 2.75) is 51.9 Å². The molecule has 0 amide bonds. The Morgan fingerprint density at radius 1 is 1.14 bits per heavy atom. The molecular formula is C20H31N7S2. The van der Waals surface area contributed by atoms with Crippen LogP contribution in [-0.2, 0) is 25.7 Å². The minimum absolute atomic E-state index is 0.899. The molecule has 29 heavy (non-hydrogen) atoms. The van der Waals surface area contributed by atoms with Gasteiger partial charge in [-0.15, -0.1) is 11.3 Å². The molecule has 4 rings (SSSR count). The van der Waals surface area contributed by atoms with Crippen LogP contribution >= 0.6 is 22.9 Å². The van der Waals surface area contributed by atoms with Crippen LogP contribution in [-0.4, -0.2) is 65.0 Å². The number of nitrogens with zero attached hydrogens (tertiary/aromatic N) is 6. The summed E-state index contributed by atoms with van der Waals surface area (Å²) in [7, 11) is 1.88. The molecule has 0 atom stereocenters. The highest BCUT2D eigenvalue weighted by Crippen LogP contribution is 2.27. The molecule has 0 saturated carbocycles. The van der Waals surface area contributed by atoms with Gasteiger partial charge in [-0.25, -0.2) is 9.97 Å². The molecule has 9 heteroatoms. The quantitative estimate of drug-likeness (QED) is 0.429. The number of aryl methyl sites for hydroxylation is 4. The molecule has 0 unspecified atom stereocenters. The van der Waals surface area contributed by atoms with Crippen molar-refractivity contribution in [2.75, 3.05) is 44.7 Å². The first-order chi connectivity index (χ1) is 14.3. The lowest BCUT2D eigenvalue weighted by Gasteiger charge is -2.36. The van der Waals surface area contributed by atoms with Gasteiger partial charge in [-0.3, -0.25) is 4.99 Å². The van der Waals surface area contributed by atoms with Crippen molar-refractivity contribution in [1.82, 2.24) is 24.6 Å². The van der Waals surface area contributed by atoms with E-state index < -0.39 is 0 Å². The van der Waals surface area contributed by atoms with E-state index in [1.165, 1.54) is 52.8 Å². The molecule has 1 aliphatic heterocycles. The molecule has 7 nitrogen and oxygen atoms in total. The van der Waals surface area contributed by atoms with E-state index in [1.807, 2.05) is 18.4 Å². The monoisotopic (exact) mass is 433 g/mol. The van der Waals surface area contributed by atoms with E-state index in [1.54, 1.807) is 0 Å². The summed E-state index contributed by atoms with van der Waals surface area (Å²) in [5.74, 6) is 1.96. The minimum Gasteiger partial charge on any atom is -0.356 e. The highest BCUT2D eigenvalue weighted by molar-refractivity contribution is 7.11. The first-order valence-corrected chi connectivity index (χ1v) is 12.4. The molecule has 0 radical (unpaired) electrons. The van der Waals surface area contributed by atoms with E-state index in [-0.39, 0.29) is 0 Å². The molecule has 0 bridgehead atoms. The van der Waals surface area contributed by atoms with Crippen LogP contribution in [0.4, 0.5) is 5.13 Å². The van der Waals surface area contributed by atoms with Crippen LogP contribution < -0.4 is 10.2 Å². The Kier molecular flexibility index (Phi) is 6.97. The number of aliphatic imine (C=N–C) groups is 1. The number of aromatic nitrogens is 3. The Hall–Kier alpha value is -1.74. The maximum Gasteiger partial charge on any atom is 0.205 e. The zero-order chi connectivity index (χ0) is 20.1. The summed E-state index contributed by atoms with van der Waals surface area (Å²) < 4.78 is 4.41. The highest BCUT2D eigenvalue weighted by Gasteiger charge is 2.22. The second-order valence-corrected chi connectivity index (χ2v) is 9.48. The van der Waals surface area contributed by atoms with E-state index in [0.29, 0.717) is 0 Å². The lowest BCUT2D eigenvalue weighted by molar-refractivity contribution is 0.372. The molecule has 3 heterocycles. The van der Waals surface area contributed by atoms with Gasteiger partial charge in [0.2, 0.25) is 5.13 Å². The molecule has 158 valence electrons. The molecule has 1 fully saturated rings. The average molecular weight is 434 g/mol. The van der Waals surface area contributed by atoms with Crippen LogP contribution in [0.3, 0.4) is 0 Å². The van der Waals surface area contributed by atoms with Crippen LogP contribution in [0.2, 0.25) is 0 Å². The second-order valence-electron chi connectivity index (χ2n) is 7.58. The molecule has 1 saturated heterocycles. The van der Waals surface area contributed by atoms with Crippen molar-refractivity contribution in [3.8, 4) is 0 Å². The Morgan fingerprint density at radius 2 is 1.97 bits per heavy atom. The number of nitrogens with one attached hydrogen (secondary N) is 1. The van der Waals surface area contributed by atoms with Gasteiger partial charge in [0.05, 0.1) is 10.7 Å².